The summed E-state index contributed by atoms with van der Waals surface area (Å²) in [7, 11) is 0. The van der Waals surface area contributed by atoms with E-state index in [1.54, 1.807) is 0 Å². The molecule has 1 aliphatic carbocycles. The first kappa shape index (κ1) is 13.9. The highest BCUT2D eigenvalue weighted by atomic mass is 35.5. The quantitative estimate of drug-likeness (QED) is 0.851. The maximum Gasteiger partial charge on any atom is 0.137 e. The molecule has 3 nitrogen and oxygen atoms in total. The van der Waals surface area contributed by atoms with Gasteiger partial charge in [0.25, 0.3) is 0 Å². The molecule has 100 valence electrons. The number of anilines is 1. The van der Waals surface area contributed by atoms with Crippen molar-refractivity contribution in [1.82, 2.24) is 9.97 Å². The largest absolute Gasteiger partial charge is 0.368 e. The van der Waals surface area contributed by atoms with E-state index in [0.717, 1.165) is 17.9 Å². The van der Waals surface area contributed by atoms with Crippen LogP contribution in [0.3, 0.4) is 0 Å². The van der Waals surface area contributed by atoms with Gasteiger partial charge >= 0.3 is 0 Å². The Morgan fingerprint density at radius 2 is 2.06 bits per heavy atom. The lowest BCUT2D eigenvalue weighted by Crippen LogP contribution is -2.35. The third-order valence-electron chi connectivity index (χ3n) is 3.80. The third kappa shape index (κ3) is 3.09. The van der Waals surface area contributed by atoms with Crippen LogP contribution in [0.4, 0.5) is 5.82 Å². The van der Waals surface area contributed by atoms with Crippen LogP contribution in [0, 0.1) is 6.92 Å². The van der Waals surface area contributed by atoms with Crippen LogP contribution in [0.1, 0.15) is 37.7 Å². The van der Waals surface area contributed by atoms with Gasteiger partial charge in [-0.05, 0) is 26.0 Å². The van der Waals surface area contributed by atoms with Crippen LogP contribution in [0.25, 0.3) is 0 Å². The van der Waals surface area contributed by atoms with Crippen molar-refractivity contribution in [2.45, 2.75) is 43.8 Å². The fourth-order valence-electron chi connectivity index (χ4n) is 2.50. The second-order valence-corrected chi connectivity index (χ2v) is 6.57. The third-order valence-corrected chi connectivity index (χ3v) is 5.60. The summed E-state index contributed by atoms with van der Waals surface area (Å²) in [6.07, 6.45) is 10.4. The molecule has 0 bridgehead atoms. The smallest absolute Gasteiger partial charge is 0.137 e. The van der Waals surface area contributed by atoms with Crippen LogP contribution in [0.2, 0.25) is 5.15 Å². The fraction of sp³-hybridized carbons (Fsp3) is 0.692. The van der Waals surface area contributed by atoms with E-state index in [9.17, 15) is 0 Å². The van der Waals surface area contributed by atoms with Crippen LogP contribution in [-0.2, 0) is 0 Å². The van der Waals surface area contributed by atoms with Gasteiger partial charge in [0.05, 0.1) is 0 Å². The molecule has 5 heteroatoms. The Labute approximate surface area is 118 Å². The summed E-state index contributed by atoms with van der Waals surface area (Å²) >= 11 is 7.99. The van der Waals surface area contributed by atoms with Gasteiger partial charge in [-0.25, -0.2) is 9.97 Å². The second kappa shape index (κ2) is 6.11. The van der Waals surface area contributed by atoms with Crippen LogP contribution in [-0.4, -0.2) is 27.5 Å². The molecule has 1 aromatic rings. The average Bonchev–Trinajstić information content (AvgIpc) is 2.41. The average molecular weight is 286 g/mol. The Bertz CT molecular complexity index is 405. The van der Waals surface area contributed by atoms with Crippen molar-refractivity contribution >= 4 is 29.2 Å². The zero-order chi connectivity index (χ0) is 13.0. The molecule has 0 aliphatic heterocycles. The van der Waals surface area contributed by atoms with Gasteiger partial charge in [-0.1, -0.05) is 30.9 Å². The molecule has 0 radical (unpaired) electrons. The molecule has 2 rings (SSSR count). The van der Waals surface area contributed by atoms with E-state index in [1.165, 1.54) is 38.4 Å². The summed E-state index contributed by atoms with van der Waals surface area (Å²) < 4.78 is 0.363. The molecule has 18 heavy (non-hydrogen) atoms. The first-order valence-corrected chi connectivity index (χ1v) is 8.03. The molecule has 0 spiro atoms. The van der Waals surface area contributed by atoms with Crippen LogP contribution in [0.15, 0.2) is 6.33 Å². The number of hydrogen-bond donors (Lipinski definition) is 1. The summed E-state index contributed by atoms with van der Waals surface area (Å²) in [5.74, 6) is 0.869. The van der Waals surface area contributed by atoms with Crippen molar-refractivity contribution in [3.63, 3.8) is 0 Å². The summed E-state index contributed by atoms with van der Waals surface area (Å²) in [6.45, 7) is 2.92. The lowest BCUT2D eigenvalue weighted by atomic mass is 9.88. The molecule has 0 aromatic carbocycles. The maximum absolute atomic E-state index is 6.01. The number of hydrogen-bond acceptors (Lipinski definition) is 4. The first-order chi connectivity index (χ1) is 8.67. The van der Waals surface area contributed by atoms with Crippen molar-refractivity contribution in [3.8, 4) is 0 Å². The molecule has 1 heterocycles. The zero-order valence-electron chi connectivity index (χ0n) is 11.0. The van der Waals surface area contributed by atoms with Crippen molar-refractivity contribution in [2.24, 2.45) is 0 Å². The number of aromatic nitrogens is 2. The summed E-state index contributed by atoms with van der Waals surface area (Å²) in [5.41, 5.74) is 0.936. The number of rotatable bonds is 4. The van der Waals surface area contributed by atoms with Gasteiger partial charge in [0.2, 0.25) is 0 Å². The molecule has 1 saturated carbocycles. The molecule has 0 saturated heterocycles. The predicted octanol–water partition coefficient (Wildman–Crippen LogP) is 3.92. The molecular formula is C13H20ClN3S. The Morgan fingerprint density at radius 1 is 1.33 bits per heavy atom. The normalized spacial score (nSPS) is 18.6. The minimum atomic E-state index is 0.363. The molecule has 0 unspecified atom stereocenters. The van der Waals surface area contributed by atoms with Gasteiger partial charge in [-0.2, -0.15) is 11.8 Å². The Hall–Kier alpha value is -0.480. The molecule has 1 fully saturated rings. The van der Waals surface area contributed by atoms with Crippen molar-refractivity contribution in [1.29, 1.82) is 0 Å². The number of thioether (sulfide) groups is 1. The molecule has 0 atom stereocenters. The minimum Gasteiger partial charge on any atom is -0.368 e. The second-order valence-electron chi connectivity index (χ2n) is 4.94. The number of nitrogens with zero attached hydrogens (tertiary/aromatic N) is 2. The Balaban J connectivity index is 2.03. The lowest BCUT2D eigenvalue weighted by Gasteiger charge is -2.36. The van der Waals surface area contributed by atoms with E-state index < -0.39 is 0 Å². The standard InChI is InChI=1S/C13H20ClN3S/c1-10-11(14)16-9-17-12(10)15-8-13(18-2)6-4-3-5-7-13/h9H,3-8H2,1-2H3,(H,15,16,17). The Kier molecular flexibility index (Phi) is 4.73. The van der Waals surface area contributed by atoms with Gasteiger partial charge in [-0.3, -0.25) is 0 Å². The molecule has 1 N–H and O–H groups in total. The predicted molar refractivity (Wildman–Crippen MR) is 79.6 cm³/mol. The number of nitrogens with one attached hydrogen (secondary N) is 1. The van der Waals surface area contributed by atoms with Crippen LogP contribution in [0.5, 0.6) is 0 Å². The van der Waals surface area contributed by atoms with E-state index >= 15 is 0 Å². The van der Waals surface area contributed by atoms with E-state index in [0.29, 0.717) is 9.90 Å². The van der Waals surface area contributed by atoms with Gasteiger partial charge in [0.1, 0.15) is 17.3 Å². The fourth-order valence-corrected chi connectivity index (χ4v) is 3.55. The zero-order valence-corrected chi connectivity index (χ0v) is 12.6. The van der Waals surface area contributed by atoms with E-state index in [4.69, 9.17) is 11.6 Å². The van der Waals surface area contributed by atoms with Gasteiger partial charge in [-0.15, -0.1) is 0 Å². The molecule has 1 aromatic heterocycles. The Morgan fingerprint density at radius 3 is 2.72 bits per heavy atom. The lowest BCUT2D eigenvalue weighted by molar-refractivity contribution is 0.411. The molecular weight excluding hydrogens is 266 g/mol. The number of halogens is 1. The van der Waals surface area contributed by atoms with Crippen molar-refractivity contribution in [3.05, 3.63) is 17.0 Å². The van der Waals surface area contributed by atoms with Crippen LogP contribution >= 0.6 is 23.4 Å². The molecule has 0 amide bonds. The summed E-state index contributed by atoms with van der Waals surface area (Å²) in [4.78, 5) is 8.25. The first-order valence-electron chi connectivity index (χ1n) is 6.43. The van der Waals surface area contributed by atoms with E-state index in [-0.39, 0.29) is 0 Å². The minimum absolute atomic E-state index is 0.363. The highest BCUT2D eigenvalue weighted by Crippen LogP contribution is 2.38. The monoisotopic (exact) mass is 285 g/mol. The summed E-state index contributed by atoms with van der Waals surface area (Å²) in [5, 5.41) is 4.00. The maximum atomic E-state index is 6.01. The van der Waals surface area contributed by atoms with Gasteiger partial charge < -0.3 is 5.32 Å². The highest BCUT2D eigenvalue weighted by Gasteiger charge is 2.31. The summed E-state index contributed by atoms with van der Waals surface area (Å²) in [6, 6.07) is 0. The van der Waals surface area contributed by atoms with Gasteiger partial charge in [0.15, 0.2) is 0 Å². The van der Waals surface area contributed by atoms with Crippen molar-refractivity contribution < 1.29 is 0 Å². The van der Waals surface area contributed by atoms with E-state index in [1.807, 2.05) is 18.7 Å². The van der Waals surface area contributed by atoms with Crippen molar-refractivity contribution in [2.75, 3.05) is 18.1 Å². The van der Waals surface area contributed by atoms with E-state index in [2.05, 4.69) is 21.5 Å². The topological polar surface area (TPSA) is 37.8 Å². The van der Waals surface area contributed by atoms with Crippen LogP contribution < -0.4 is 5.32 Å². The SMILES string of the molecule is CSC1(CNc2ncnc(Cl)c2C)CCCCC1. The molecule has 1 aliphatic rings. The highest BCUT2D eigenvalue weighted by molar-refractivity contribution is 8.00. The van der Waals surface area contributed by atoms with Gasteiger partial charge in [0, 0.05) is 16.9 Å².